The van der Waals surface area contributed by atoms with E-state index in [0.717, 1.165) is 17.0 Å². The molecule has 0 bridgehead atoms. The van der Waals surface area contributed by atoms with Gasteiger partial charge >= 0.3 is 5.97 Å². The number of nitro benzene ring substituents is 1. The number of nitro groups is 1. The summed E-state index contributed by atoms with van der Waals surface area (Å²) in [5.41, 5.74) is 3.37. The fourth-order valence-electron chi connectivity index (χ4n) is 4.87. The lowest BCUT2D eigenvalue weighted by Gasteiger charge is -2.36. The number of hydrogen-bond acceptors (Lipinski definition) is 8. The number of non-ortho nitro benzene ring substituents is 1. The van der Waals surface area contributed by atoms with Crippen molar-refractivity contribution in [2.24, 2.45) is 0 Å². The van der Waals surface area contributed by atoms with Crippen molar-refractivity contribution in [2.75, 3.05) is 27.4 Å². The molecule has 188 valence electrons. The highest BCUT2D eigenvalue weighted by Gasteiger charge is 2.41. The van der Waals surface area contributed by atoms with E-state index in [1.54, 1.807) is 26.2 Å². The van der Waals surface area contributed by atoms with Crippen molar-refractivity contribution in [1.29, 1.82) is 0 Å². The number of carbonyl (C=O) groups excluding carboxylic acids is 2. The van der Waals surface area contributed by atoms with E-state index < -0.39 is 16.8 Å². The lowest BCUT2D eigenvalue weighted by Crippen LogP contribution is -2.36. The summed E-state index contributed by atoms with van der Waals surface area (Å²) in [4.78, 5) is 37.8. The molecule has 1 heterocycles. The van der Waals surface area contributed by atoms with E-state index in [9.17, 15) is 19.7 Å². The number of carbonyl (C=O) groups is 2. The van der Waals surface area contributed by atoms with Crippen LogP contribution in [0.4, 0.5) is 5.69 Å². The molecular formula is C27H28N2O7. The topological polar surface area (TPSA) is 117 Å². The van der Waals surface area contributed by atoms with E-state index in [4.69, 9.17) is 14.2 Å². The van der Waals surface area contributed by atoms with Gasteiger partial charge in [-0.1, -0.05) is 24.3 Å². The SMILES string of the molecule is COCCOC(=O)C1=C(C)NC2=C(C(=O)C[C@H](c3ccc(OC)cc3)C2)[C@H]1c1cccc([N+](=O)[O-])c1. The number of Topliss-reactive ketones (excluding diaryl/α,β-unsaturated/α-hetero) is 1. The van der Waals surface area contributed by atoms with Gasteiger partial charge in [0.15, 0.2) is 5.78 Å². The molecule has 2 aromatic carbocycles. The van der Waals surface area contributed by atoms with Crippen LogP contribution < -0.4 is 10.1 Å². The van der Waals surface area contributed by atoms with E-state index in [-0.39, 0.29) is 42.6 Å². The van der Waals surface area contributed by atoms with Crippen LogP contribution in [0, 0.1) is 10.1 Å². The monoisotopic (exact) mass is 492 g/mol. The Balaban J connectivity index is 1.76. The van der Waals surface area contributed by atoms with Gasteiger partial charge in [0.1, 0.15) is 12.4 Å². The van der Waals surface area contributed by atoms with E-state index in [1.165, 1.54) is 19.2 Å². The van der Waals surface area contributed by atoms with Crippen molar-refractivity contribution in [3.05, 3.63) is 92.3 Å². The van der Waals surface area contributed by atoms with Gasteiger partial charge in [0.2, 0.25) is 0 Å². The first-order chi connectivity index (χ1) is 17.3. The average Bonchev–Trinajstić information content (AvgIpc) is 2.87. The van der Waals surface area contributed by atoms with Crippen LogP contribution in [0.5, 0.6) is 5.75 Å². The zero-order chi connectivity index (χ0) is 25.8. The molecule has 1 aliphatic heterocycles. The number of dihydropyridines is 1. The summed E-state index contributed by atoms with van der Waals surface area (Å²) in [5, 5.41) is 14.7. The summed E-state index contributed by atoms with van der Waals surface area (Å²) in [7, 11) is 3.10. The van der Waals surface area contributed by atoms with Crippen LogP contribution in [0.2, 0.25) is 0 Å². The number of ketones is 1. The van der Waals surface area contributed by atoms with Gasteiger partial charge in [0.25, 0.3) is 5.69 Å². The third-order valence-electron chi connectivity index (χ3n) is 6.57. The molecule has 9 nitrogen and oxygen atoms in total. The van der Waals surface area contributed by atoms with Gasteiger partial charge in [0.05, 0.1) is 24.2 Å². The van der Waals surface area contributed by atoms with Gasteiger partial charge in [-0.15, -0.1) is 0 Å². The van der Waals surface area contributed by atoms with Crippen molar-refractivity contribution in [1.82, 2.24) is 5.32 Å². The maximum Gasteiger partial charge on any atom is 0.336 e. The highest BCUT2D eigenvalue weighted by Crippen LogP contribution is 2.46. The predicted octanol–water partition coefficient (Wildman–Crippen LogP) is 4.15. The predicted molar refractivity (Wildman–Crippen MR) is 132 cm³/mol. The number of methoxy groups -OCH3 is 2. The van der Waals surface area contributed by atoms with Crippen molar-refractivity contribution < 1.29 is 28.7 Å². The normalized spacial score (nSPS) is 19.5. The second-order valence-electron chi connectivity index (χ2n) is 8.77. The van der Waals surface area contributed by atoms with Crippen molar-refractivity contribution >= 4 is 17.4 Å². The molecule has 0 spiro atoms. The maximum atomic E-state index is 13.6. The molecular weight excluding hydrogens is 464 g/mol. The summed E-state index contributed by atoms with van der Waals surface area (Å²) in [6.07, 6.45) is 0.811. The Labute approximate surface area is 208 Å². The zero-order valence-electron chi connectivity index (χ0n) is 20.4. The van der Waals surface area contributed by atoms with Gasteiger partial charge in [-0.05, 0) is 42.5 Å². The van der Waals surface area contributed by atoms with E-state index in [0.29, 0.717) is 23.3 Å². The van der Waals surface area contributed by atoms with E-state index in [2.05, 4.69) is 5.32 Å². The Morgan fingerprint density at radius 2 is 1.83 bits per heavy atom. The number of allylic oxidation sites excluding steroid dienone is 3. The van der Waals surface area contributed by atoms with Crippen LogP contribution in [0.15, 0.2) is 71.1 Å². The standard InChI is InChI=1S/C27H28N2O7/c1-16-24(27(31)36-12-11-34-2)25(18-5-4-6-20(13-18)29(32)33)26-22(28-16)14-19(15-23(26)30)17-7-9-21(35-3)10-8-17/h4-10,13,19,25,28H,11-12,14-15H2,1-3H3/t19-,25+/m1/s1. The summed E-state index contributed by atoms with van der Waals surface area (Å²) < 4.78 is 15.6. The number of benzene rings is 2. The fraction of sp³-hybridized carbons (Fsp3) is 0.333. The van der Waals surface area contributed by atoms with Crippen LogP contribution >= 0.6 is 0 Å². The molecule has 4 rings (SSSR count). The molecule has 9 heteroatoms. The first-order valence-electron chi connectivity index (χ1n) is 11.6. The second kappa shape index (κ2) is 10.7. The quantitative estimate of drug-likeness (QED) is 0.253. The van der Waals surface area contributed by atoms with Gasteiger partial charge in [-0.25, -0.2) is 4.79 Å². The third-order valence-corrected chi connectivity index (χ3v) is 6.57. The molecule has 0 aromatic heterocycles. The van der Waals surface area contributed by atoms with E-state index in [1.807, 2.05) is 24.3 Å². The first-order valence-corrected chi connectivity index (χ1v) is 11.6. The Morgan fingerprint density at radius 3 is 2.50 bits per heavy atom. The Morgan fingerprint density at radius 1 is 1.08 bits per heavy atom. The third kappa shape index (κ3) is 5.01. The van der Waals surface area contributed by atoms with Crippen molar-refractivity contribution in [3.8, 4) is 5.75 Å². The number of nitrogens with zero attached hydrogens (tertiary/aromatic N) is 1. The minimum atomic E-state index is -0.777. The summed E-state index contributed by atoms with van der Waals surface area (Å²) in [6.45, 7) is 2.03. The Bertz CT molecular complexity index is 1250. The lowest BCUT2D eigenvalue weighted by atomic mass is 9.71. The number of esters is 1. The van der Waals surface area contributed by atoms with Crippen LogP contribution in [-0.4, -0.2) is 44.1 Å². The highest BCUT2D eigenvalue weighted by atomic mass is 16.6. The number of nitrogens with one attached hydrogen (secondary N) is 1. The highest BCUT2D eigenvalue weighted by molar-refractivity contribution is 6.04. The van der Waals surface area contributed by atoms with Crippen LogP contribution in [0.1, 0.15) is 42.7 Å². The summed E-state index contributed by atoms with van der Waals surface area (Å²) in [5.74, 6) is -0.803. The van der Waals surface area contributed by atoms with Gasteiger partial charge < -0.3 is 19.5 Å². The minimum absolute atomic E-state index is 0.0488. The van der Waals surface area contributed by atoms with Gasteiger partial charge in [-0.2, -0.15) is 0 Å². The Kier molecular flexibility index (Phi) is 7.49. The second-order valence-corrected chi connectivity index (χ2v) is 8.77. The lowest BCUT2D eigenvalue weighted by molar-refractivity contribution is -0.384. The van der Waals surface area contributed by atoms with Crippen molar-refractivity contribution in [2.45, 2.75) is 31.6 Å². The van der Waals surface area contributed by atoms with Crippen LogP contribution in [-0.2, 0) is 19.1 Å². The number of hydrogen-bond donors (Lipinski definition) is 1. The Hall–Kier alpha value is -3.98. The average molecular weight is 493 g/mol. The maximum absolute atomic E-state index is 13.6. The zero-order valence-corrected chi connectivity index (χ0v) is 20.4. The molecule has 2 atom stereocenters. The van der Waals surface area contributed by atoms with Crippen LogP contribution in [0.25, 0.3) is 0 Å². The first kappa shape index (κ1) is 25.1. The van der Waals surface area contributed by atoms with Crippen molar-refractivity contribution in [3.63, 3.8) is 0 Å². The molecule has 0 saturated carbocycles. The number of rotatable bonds is 8. The van der Waals surface area contributed by atoms with Gasteiger partial charge in [-0.3, -0.25) is 14.9 Å². The summed E-state index contributed by atoms with van der Waals surface area (Å²) in [6, 6.07) is 13.7. The van der Waals surface area contributed by atoms with Gasteiger partial charge in [0, 0.05) is 48.5 Å². The molecule has 2 aromatic rings. The molecule has 0 amide bonds. The molecule has 2 aliphatic rings. The summed E-state index contributed by atoms with van der Waals surface area (Å²) >= 11 is 0. The molecule has 1 aliphatic carbocycles. The molecule has 1 N–H and O–H groups in total. The minimum Gasteiger partial charge on any atom is -0.497 e. The molecule has 0 saturated heterocycles. The number of ether oxygens (including phenoxy) is 3. The van der Waals surface area contributed by atoms with E-state index >= 15 is 0 Å². The molecule has 0 radical (unpaired) electrons. The fourth-order valence-corrected chi connectivity index (χ4v) is 4.87. The largest absolute Gasteiger partial charge is 0.497 e. The molecule has 0 unspecified atom stereocenters. The molecule has 36 heavy (non-hydrogen) atoms. The van der Waals surface area contributed by atoms with Crippen LogP contribution in [0.3, 0.4) is 0 Å². The molecule has 0 fully saturated rings. The smallest absolute Gasteiger partial charge is 0.336 e.